The Kier molecular flexibility index (Phi) is 6.21. The van der Waals surface area contributed by atoms with E-state index < -0.39 is 0 Å². The molecule has 0 fully saturated rings. The molecule has 1 aromatic heterocycles. The molecule has 1 aromatic rings. The fourth-order valence-electron chi connectivity index (χ4n) is 1.56. The first-order chi connectivity index (χ1) is 8.62. The first kappa shape index (κ1) is 15.0. The Morgan fingerprint density at radius 3 is 2.83 bits per heavy atom. The molecule has 0 aliphatic carbocycles. The van der Waals surface area contributed by atoms with Crippen molar-refractivity contribution in [3.05, 3.63) is 23.0 Å². The Morgan fingerprint density at radius 1 is 1.56 bits per heavy atom. The number of nitrogens with zero attached hydrogens (tertiary/aromatic N) is 2. The van der Waals surface area contributed by atoms with Crippen LogP contribution in [0.5, 0.6) is 0 Å². The highest BCUT2D eigenvalue weighted by atomic mass is 79.9. The van der Waals surface area contributed by atoms with E-state index in [2.05, 4.69) is 31.4 Å². The summed E-state index contributed by atoms with van der Waals surface area (Å²) in [5.74, 6) is -0.133. The minimum Gasteiger partial charge on any atom is -0.383 e. The quantitative estimate of drug-likeness (QED) is 0.808. The van der Waals surface area contributed by atoms with Gasteiger partial charge in [-0.1, -0.05) is 22.9 Å². The van der Waals surface area contributed by atoms with Crippen molar-refractivity contribution in [3.63, 3.8) is 0 Å². The highest BCUT2D eigenvalue weighted by Gasteiger charge is 2.16. The normalized spacial score (nSPS) is 12.2. The fourth-order valence-corrected chi connectivity index (χ4v) is 1.91. The lowest BCUT2D eigenvalue weighted by Gasteiger charge is -2.16. The van der Waals surface area contributed by atoms with Crippen LogP contribution in [-0.4, -0.2) is 41.2 Å². The van der Waals surface area contributed by atoms with Gasteiger partial charge in [-0.15, -0.1) is 0 Å². The monoisotopic (exact) mass is 315 g/mol. The summed E-state index contributed by atoms with van der Waals surface area (Å²) in [4.78, 5) is 12.2. The average molecular weight is 316 g/mol. The third-order valence-corrected chi connectivity index (χ3v) is 3.24. The standard InChI is InChI=1S/C12H18BrN3O2/c1-4-11-10(5-8(2)15-16-11)12(17)14-9(6-13)7-18-3/h5,9H,4,6-7H2,1-3H3,(H,14,17). The largest absolute Gasteiger partial charge is 0.383 e. The number of carbonyl (C=O) groups excluding carboxylic acids is 1. The van der Waals surface area contributed by atoms with E-state index in [-0.39, 0.29) is 11.9 Å². The van der Waals surface area contributed by atoms with E-state index in [1.54, 1.807) is 13.2 Å². The minimum atomic E-state index is -0.133. The van der Waals surface area contributed by atoms with Gasteiger partial charge in [0, 0.05) is 12.4 Å². The Balaban J connectivity index is 2.85. The third-order valence-electron chi connectivity index (χ3n) is 2.46. The predicted molar refractivity (Wildman–Crippen MR) is 73.1 cm³/mol. The maximum atomic E-state index is 12.2. The van der Waals surface area contributed by atoms with Crippen molar-refractivity contribution >= 4 is 21.8 Å². The molecule has 5 nitrogen and oxygen atoms in total. The summed E-state index contributed by atoms with van der Waals surface area (Å²) in [5.41, 5.74) is 2.04. The number of nitrogens with one attached hydrogen (secondary N) is 1. The van der Waals surface area contributed by atoms with Crippen LogP contribution in [0.1, 0.15) is 28.7 Å². The van der Waals surface area contributed by atoms with Crippen LogP contribution in [0, 0.1) is 6.92 Å². The number of halogens is 1. The number of aromatic nitrogens is 2. The molecule has 18 heavy (non-hydrogen) atoms. The Bertz CT molecular complexity index is 412. The maximum Gasteiger partial charge on any atom is 0.253 e. The lowest BCUT2D eigenvalue weighted by atomic mass is 10.1. The molecule has 0 saturated heterocycles. The van der Waals surface area contributed by atoms with Crippen molar-refractivity contribution in [1.29, 1.82) is 0 Å². The molecule has 1 heterocycles. The lowest BCUT2D eigenvalue weighted by molar-refractivity contribution is 0.0906. The van der Waals surface area contributed by atoms with Crippen molar-refractivity contribution < 1.29 is 9.53 Å². The van der Waals surface area contributed by atoms with Gasteiger partial charge in [-0.3, -0.25) is 4.79 Å². The van der Waals surface area contributed by atoms with Gasteiger partial charge in [0.15, 0.2) is 0 Å². The fraction of sp³-hybridized carbons (Fsp3) is 0.583. The molecule has 1 rings (SSSR count). The Labute approximate surface area is 115 Å². The second kappa shape index (κ2) is 7.43. The van der Waals surface area contributed by atoms with Crippen LogP contribution in [0.2, 0.25) is 0 Å². The zero-order chi connectivity index (χ0) is 13.5. The molecule has 6 heteroatoms. The average Bonchev–Trinajstić information content (AvgIpc) is 2.38. The third kappa shape index (κ3) is 4.03. The summed E-state index contributed by atoms with van der Waals surface area (Å²) >= 11 is 3.35. The van der Waals surface area contributed by atoms with Gasteiger partial charge in [0.05, 0.1) is 29.6 Å². The number of amides is 1. The molecule has 0 bridgehead atoms. The molecule has 0 aromatic carbocycles. The van der Waals surface area contributed by atoms with E-state index in [9.17, 15) is 4.79 Å². The van der Waals surface area contributed by atoms with Crippen LogP contribution in [0.15, 0.2) is 6.07 Å². The smallest absolute Gasteiger partial charge is 0.253 e. The maximum absolute atomic E-state index is 12.2. The van der Waals surface area contributed by atoms with Gasteiger partial charge in [-0.05, 0) is 19.4 Å². The van der Waals surface area contributed by atoms with Gasteiger partial charge < -0.3 is 10.1 Å². The SMILES string of the molecule is CCc1nnc(C)cc1C(=O)NC(CBr)COC. The van der Waals surface area contributed by atoms with Crippen LogP contribution in [0.3, 0.4) is 0 Å². The van der Waals surface area contributed by atoms with Gasteiger partial charge in [-0.25, -0.2) is 0 Å². The van der Waals surface area contributed by atoms with Crippen LogP contribution in [0.4, 0.5) is 0 Å². The zero-order valence-corrected chi connectivity index (χ0v) is 12.5. The molecule has 0 radical (unpaired) electrons. The molecule has 0 aliphatic rings. The highest BCUT2D eigenvalue weighted by molar-refractivity contribution is 9.09. The first-order valence-electron chi connectivity index (χ1n) is 5.81. The van der Waals surface area contributed by atoms with Crippen molar-refractivity contribution in [3.8, 4) is 0 Å². The lowest BCUT2D eigenvalue weighted by Crippen LogP contribution is -2.39. The molecule has 1 atom stereocenters. The van der Waals surface area contributed by atoms with Crippen molar-refractivity contribution in [2.45, 2.75) is 26.3 Å². The molecule has 0 aliphatic heterocycles. The number of rotatable bonds is 6. The number of carbonyl (C=O) groups is 1. The van der Waals surface area contributed by atoms with Crippen LogP contribution in [0.25, 0.3) is 0 Å². The summed E-state index contributed by atoms with van der Waals surface area (Å²) in [6, 6.07) is 1.71. The van der Waals surface area contributed by atoms with Crippen molar-refractivity contribution in [2.75, 3.05) is 19.0 Å². The van der Waals surface area contributed by atoms with Crippen LogP contribution in [-0.2, 0) is 11.2 Å². The number of methoxy groups -OCH3 is 1. The molecule has 1 N–H and O–H groups in total. The molecule has 100 valence electrons. The first-order valence-corrected chi connectivity index (χ1v) is 6.93. The number of alkyl halides is 1. The molecule has 1 unspecified atom stereocenters. The summed E-state index contributed by atoms with van der Waals surface area (Å²) in [6.45, 7) is 4.24. The van der Waals surface area contributed by atoms with Crippen LogP contribution >= 0.6 is 15.9 Å². The zero-order valence-electron chi connectivity index (χ0n) is 10.9. The summed E-state index contributed by atoms with van der Waals surface area (Å²) in [6.07, 6.45) is 0.680. The van der Waals surface area contributed by atoms with Crippen LogP contribution < -0.4 is 5.32 Å². The second-order valence-electron chi connectivity index (χ2n) is 3.98. The van der Waals surface area contributed by atoms with E-state index in [1.165, 1.54) is 0 Å². The molecular weight excluding hydrogens is 298 g/mol. The van der Waals surface area contributed by atoms with Gasteiger partial charge in [0.1, 0.15) is 0 Å². The van der Waals surface area contributed by atoms with Gasteiger partial charge in [0.2, 0.25) is 0 Å². The van der Waals surface area contributed by atoms with E-state index >= 15 is 0 Å². The summed E-state index contributed by atoms with van der Waals surface area (Å²) in [7, 11) is 1.61. The van der Waals surface area contributed by atoms with E-state index in [0.717, 1.165) is 5.69 Å². The highest BCUT2D eigenvalue weighted by Crippen LogP contribution is 2.08. The predicted octanol–water partition coefficient (Wildman–Crippen LogP) is 1.49. The number of hydrogen-bond acceptors (Lipinski definition) is 4. The van der Waals surface area contributed by atoms with E-state index in [1.807, 2.05) is 13.8 Å². The van der Waals surface area contributed by atoms with E-state index in [0.29, 0.717) is 29.6 Å². The Morgan fingerprint density at radius 2 is 2.28 bits per heavy atom. The Hall–Kier alpha value is -1.01. The molecule has 0 saturated carbocycles. The summed E-state index contributed by atoms with van der Waals surface area (Å²) < 4.78 is 5.04. The summed E-state index contributed by atoms with van der Waals surface area (Å²) in [5, 5.41) is 11.6. The number of aryl methyl sites for hydroxylation is 2. The van der Waals surface area contributed by atoms with Gasteiger partial charge in [0.25, 0.3) is 5.91 Å². The van der Waals surface area contributed by atoms with E-state index in [4.69, 9.17) is 4.74 Å². The molecule has 1 amide bonds. The second-order valence-corrected chi connectivity index (χ2v) is 4.63. The van der Waals surface area contributed by atoms with Gasteiger partial charge >= 0.3 is 0 Å². The molecule has 0 spiro atoms. The van der Waals surface area contributed by atoms with Crippen molar-refractivity contribution in [2.24, 2.45) is 0 Å². The topological polar surface area (TPSA) is 64.1 Å². The molecular formula is C12H18BrN3O2. The van der Waals surface area contributed by atoms with Gasteiger partial charge in [-0.2, -0.15) is 10.2 Å². The number of hydrogen-bond donors (Lipinski definition) is 1. The van der Waals surface area contributed by atoms with Crippen molar-refractivity contribution in [1.82, 2.24) is 15.5 Å². The minimum absolute atomic E-state index is 0.0549. The number of ether oxygens (including phenoxy) is 1.